The molecule has 2 fully saturated rings. The molecule has 2 heterocycles. The average Bonchev–Trinajstić information content (AvgIpc) is 2.97. The Morgan fingerprint density at radius 2 is 1.78 bits per heavy atom. The summed E-state index contributed by atoms with van der Waals surface area (Å²) in [7, 11) is -2.33. The highest BCUT2D eigenvalue weighted by molar-refractivity contribution is 7.89. The third-order valence-corrected chi connectivity index (χ3v) is 7.83. The van der Waals surface area contributed by atoms with Crippen molar-refractivity contribution in [2.24, 2.45) is 0 Å². The van der Waals surface area contributed by atoms with Crippen molar-refractivity contribution in [2.75, 3.05) is 33.3 Å². The number of carbonyl (C=O) groups excluding carboxylic acids is 1. The number of hydrogen-bond donors (Lipinski definition) is 0. The van der Waals surface area contributed by atoms with Crippen molar-refractivity contribution in [1.29, 1.82) is 0 Å². The maximum atomic E-state index is 13.3. The summed E-state index contributed by atoms with van der Waals surface area (Å²) in [4.78, 5) is 14.6. The van der Waals surface area contributed by atoms with E-state index in [2.05, 4.69) is 4.90 Å². The second-order valence-electron chi connectivity index (χ2n) is 7.53. The second kappa shape index (κ2) is 8.71. The summed E-state index contributed by atoms with van der Waals surface area (Å²) >= 11 is 0. The Morgan fingerprint density at radius 3 is 2.44 bits per heavy atom. The number of sulfonamides is 1. The molecule has 0 bridgehead atoms. The van der Waals surface area contributed by atoms with Crippen molar-refractivity contribution >= 4 is 16.0 Å². The van der Waals surface area contributed by atoms with Crippen LogP contribution in [0.3, 0.4) is 0 Å². The van der Waals surface area contributed by atoms with Gasteiger partial charge in [0.2, 0.25) is 10.0 Å². The summed E-state index contributed by atoms with van der Waals surface area (Å²) in [5, 5.41) is 0. The number of benzene rings is 1. The monoisotopic (exact) mass is 394 g/mol. The lowest BCUT2D eigenvalue weighted by Crippen LogP contribution is -2.50. The molecule has 1 aromatic rings. The fraction of sp³-hybridized carbons (Fsp3) is 0.650. The van der Waals surface area contributed by atoms with Crippen LogP contribution in [-0.2, 0) is 14.8 Å². The van der Waals surface area contributed by atoms with Crippen LogP contribution in [0.25, 0.3) is 0 Å². The van der Waals surface area contributed by atoms with Gasteiger partial charge >= 0.3 is 5.97 Å². The Bertz CT molecular complexity index is 770. The molecular weight excluding hydrogens is 364 g/mol. The summed E-state index contributed by atoms with van der Waals surface area (Å²) in [5.74, 6) is -0.509. The maximum Gasteiger partial charge on any atom is 0.338 e. The molecule has 2 aliphatic heterocycles. The molecule has 7 heteroatoms. The van der Waals surface area contributed by atoms with Crippen LogP contribution < -0.4 is 0 Å². The number of rotatable bonds is 4. The molecule has 2 aliphatic rings. The summed E-state index contributed by atoms with van der Waals surface area (Å²) < 4.78 is 33.0. The van der Waals surface area contributed by atoms with Gasteiger partial charge in [0, 0.05) is 19.1 Å². The lowest BCUT2D eigenvalue weighted by Gasteiger charge is -2.38. The molecule has 0 aromatic heterocycles. The van der Waals surface area contributed by atoms with Crippen LogP contribution in [0.1, 0.15) is 54.4 Å². The van der Waals surface area contributed by atoms with Crippen LogP contribution in [0.5, 0.6) is 0 Å². The number of likely N-dealkylation sites (tertiary alicyclic amines) is 1. The molecular formula is C20H30N2O4S. The van der Waals surface area contributed by atoms with E-state index in [9.17, 15) is 13.2 Å². The van der Waals surface area contributed by atoms with E-state index in [1.807, 2.05) is 0 Å². The first-order valence-electron chi connectivity index (χ1n) is 9.87. The molecule has 150 valence electrons. The zero-order valence-electron chi connectivity index (χ0n) is 16.3. The summed E-state index contributed by atoms with van der Waals surface area (Å²) in [6.45, 7) is 4.87. The van der Waals surface area contributed by atoms with Crippen LogP contribution in [0, 0.1) is 6.92 Å². The summed E-state index contributed by atoms with van der Waals surface area (Å²) in [5.41, 5.74) is 0.765. The predicted molar refractivity (Wildman–Crippen MR) is 104 cm³/mol. The van der Waals surface area contributed by atoms with E-state index >= 15 is 0 Å². The van der Waals surface area contributed by atoms with E-state index in [4.69, 9.17) is 4.74 Å². The first-order chi connectivity index (χ1) is 12.9. The molecule has 1 unspecified atom stereocenters. The standard InChI is InChI=1S/C20H30N2O4S/c1-16-18(20(23)26-2)10-7-11-19(16)27(24,25)22-14-8-9-17(15-22)21-12-5-3-4-6-13-21/h7,10-11,17H,3-6,8-9,12-15H2,1-2H3. The molecule has 27 heavy (non-hydrogen) atoms. The lowest BCUT2D eigenvalue weighted by atomic mass is 10.1. The highest BCUT2D eigenvalue weighted by atomic mass is 32.2. The highest BCUT2D eigenvalue weighted by Gasteiger charge is 2.34. The van der Waals surface area contributed by atoms with Gasteiger partial charge in [-0.15, -0.1) is 0 Å². The normalized spacial score (nSPS) is 23.0. The van der Waals surface area contributed by atoms with Gasteiger partial charge in [0.15, 0.2) is 0 Å². The maximum absolute atomic E-state index is 13.3. The predicted octanol–water partition coefficient (Wildman–Crippen LogP) is 2.81. The van der Waals surface area contributed by atoms with E-state index in [1.165, 1.54) is 32.8 Å². The van der Waals surface area contributed by atoms with Crippen LogP contribution in [0.2, 0.25) is 0 Å². The van der Waals surface area contributed by atoms with Gasteiger partial charge in [-0.05, 0) is 63.4 Å². The van der Waals surface area contributed by atoms with Gasteiger partial charge in [-0.3, -0.25) is 4.90 Å². The van der Waals surface area contributed by atoms with Gasteiger partial charge < -0.3 is 4.74 Å². The molecule has 0 radical (unpaired) electrons. The Kier molecular flexibility index (Phi) is 6.55. The Balaban J connectivity index is 1.83. The number of methoxy groups -OCH3 is 1. The first kappa shape index (κ1) is 20.3. The summed E-state index contributed by atoms with van der Waals surface area (Å²) in [6.07, 6.45) is 6.85. The minimum absolute atomic E-state index is 0.210. The Labute approximate surface area is 162 Å². The lowest BCUT2D eigenvalue weighted by molar-refractivity contribution is 0.0599. The van der Waals surface area contributed by atoms with E-state index in [-0.39, 0.29) is 10.9 Å². The van der Waals surface area contributed by atoms with Gasteiger partial charge in [0.05, 0.1) is 17.6 Å². The molecule has 0 spiro atoms. The minimum atomic E-state index is -3.64. The van der Waals surface area contributed by atoms with Crippen LogP contribution in [0.15, 0.2) is 23.1 Å². The zero-order valence-corrected chi connectivity index (χ0v) is 17.1. The first-order valence-corrected chi connectivity index (χ1v) is 11.3. The van der Waals surface area contributed by atoms with Crippen molar-refractivity contribution in [3.63, 3.8) is 0 Å². The number of carbonyl (C=O) groups is 1. The van der Waals surface area contributed by atoms with Gasteiger partial charge in [0.25, 0.3) is 0 Å². The third kappa shape index (κ3) is 4.36. The van der Waals surface area contributed by atoms with Crippen molar-refractivity contribution in [3.8, 4) is 0 Å². The highest BCUT2D eigenvalue weighted by Crippen LogP contribution is 2.27. The van der Waals surface area contributed by atoms with Crippen molar-refractivity contribution in [3.05, 3.63) is 29.3 Å². The summed E-state index contributed by atoms with van der Waals surface area (Å²) in [6, 6.07) is 5.10. The fourth-order valence-corrected chi connectivity index (χ4v) is 6.03. The van der Waals surface area contributed by atoms with E-state index < -0.39 is 16.0 Å². The fourth-order valence-electron chi connectivity index (χ4n) is 4.26. The molecule has 0 N–H and O–H groups in total. The van der Waals surface area contributed by atoms with E-state index in [0.717, 1.165) is 25.9 Å². The largest absolute Gasteiger partial charge is 0.465 e. The molecule has 0 amide bonds. The quantitative estimate of drug-likeness (QED) is 0.735. The van der Waals surface area contributed by atoms with Gasteiger partial charge in [-0.2, -0.15) is 4.31 Å². The smallest absolute Gasteiger partial charge is 0.338 e. The number of piperidine rings is 1. The van der Waals surface area contributed by atoms with Crippen LogP contribution in [0.4, 0.5) is 0 Å². The van der Waals surface area contributed by atoms with Crippen LogP contribution >= 0.6 is 0 Å². The van der Waals surface area contributed by atoms with Gasteiger partial charge in [-0.1, -0.05) is 18.9 Å². The Hall–Kier alpha value is -1.44. The SMILES string of the molecule is COC(=O)c1cccc(S(=O)(=O)N2CCCC(N3CCCCCC3)C2)c1C. The van der Waals surface area contributed by atoms with Crippen molar-refractivity contribution < 1.29 is 17.9 Å². The van der Waals surface area contributed by atoms with Crippen molar-refractivity contribution in [2.45, 2.75) is 56.4 Å². The van der Waals surface area contributed by atoms with Crippen LogP contribution in [-0.4, -0.2) is 62.9 Å². The molecule has 1 atom stereocenters. The topological polar surface area (TPSA) is 66.9 Å². The van der Waals surface area contributed by atoms with Crippen molar-refractivity contribution in [1.82, 2.24) is 9.21 Å². The molecule has 6 nitrogen and oxygen atoms in total. The minimum Gasteiger partial charge on any atom is -0.465 e. The van der Waals surface area contributed by atoms with E-state index in [1.54, 1.807) is 29.4 Å². The van der Waals surface area contributed by atoms with Gasteiger partial charge in [-0.25, -0.2) is 13.2 Å². The number of hydrogen-bond acceptors (Lipinski definition) is 5. The average molecular weight is 395 g/mol. The second-order valence-corrected chi connectivity index (χ2v) is 9.44. The number of nitrogens with zero attached hydrogens (tertiary/aromatic N) is 2. The van der Waals surface area contributed by atoms with Gasteiger partial charge in [0.1, 0.15) is 0 Å². The molecule has 0 saturated carbocycles. The third-order valence-electron chi connectivity index (χ3n) is 5.82. The Morgan fingerprint density at radius 1 is 1.07 bits per heavy atom. The number of esters is 1. The molecule has 3 rings (SSSR count). The molecule has 0 aliphatic carbocycles. The van der Waals surface area contributed by atoms with E-state index in [0.29, 0.717) is 24.2 Å². The molecule has 2 saturated heterocycles. The zero-order chi connectivity index (χ0) is 19.4. The molecule has 1 aromatic carbocycles. The number of ether oxygens (including phenoxy) is 1.